The Morgan fingerprint density at radius 3 is 2.92 bits per heavy atom. The lowest BCUT2D eigenvalue weighted by atomic mass is 9.93. The van der Waals surface area contributed by atoms with Crippen molar-refractivity contribution in [3.63, 3.8) is 0 Å². The first kappa shape index (κ1) is 7.53. The summed E-state index contributed by atoms with van der Waals surface area (Å²) in [7, 11) is 0. The molecule has 0 aromatic carbocycles. The number of nitrogens with one attached hydrogen (secondary N) is 1. The lowest BCUT2D eigenvalue weighted by Crippen LogP contribution is -2.27. The van der Waals surface area contributed by atoms with Crippen molar-refractivity contribution in [2.45, 2.75) is 32.2 Å². The number of nitrogens with zero attached hydrogens (tertiary/aromatic N) is 2. The molecule has 1 fully saturated rings. The van der Waals surface area contributed by atoms with E-state index >= 15 is 0 Å². The zero-order chi connectivity index (χ0) is 8.39. The van der Waals surface area contributed by atoms with E-state index in [0.717, 1.165) is 11.4 Å². The van der Waals surface area contributed by atoms with Crippen molar-refractivity contribution in [1.29, 1.82) is 0 Å². The van der Waals surface area contributed by atoms with Gasteiger partial charge in [0.05, 0.1) is 6.20 Å². The lowest BCUT2D eigenvalue weighted by Gasteiger charge is -2.26. The van der Waals surface area contributed by atoms with Gasteiger partial charge >= 0.3 is 0 Å². The van der Waals surface area contributed by atoms with Crippen molar-refractivity contribution in [2.75, 3.05) is 5.32 Å². The third-order valence-corrected chi connectivity index (χ3v) is 2.25. The molecule has 0 saturated heterocycles. The maximum absolute atomic E-state index is 4.00. The van der Waals surface area contributed by atoms with Crippen LogP contribution >= 0.6 is 0 Å². The Bertz CT molecular complexity index is 268. The van der Waals surface area contributed by atoms with Gasteiger partial charge in [0.2, 0.25) is 0 Å². The molecule has 0 radical (unpaired) electrons. The number of anilines is 1. The summed E-state index contributed by atoms with van der Waals surface area (Å²) < 4.78 is 0. The summed E-state index contributed by atoms with van der Waals surface area (Å²) in [5.74, 6) is 0.916. The van der Waals surface area contributed by atoms with E-state index in [-0.39, 0.29) is 0 Å². The maximum Gasteiger partial charge on any atom is 0.149 e. The fourth-order valence-corrected chi connectivity index (χ4v) is 1.30. The summed E-state index contributed by atoms with van der Waals surface area (Å²) in [4.78, 5) is 0. The molecule has 0 bridgehead atoms. The van der Waals surface area contributed by atoms with Gasteiger partial charge in [0.1, 0.15) is 5.82 Å². The maximum atomic E-state index is 4.00. The molecule has 64 valence electrons. The Kier molecular flexibility index (Phi) is 1.94. The van der Waals surface area contributed by atoms with Gasteiger partial charge in [-0.2, -0.15) is 5.10 Å². The van der Waals surface area contributed by atoms with Gasteiger partial charge in [-0.3, -0.25) is 0 Å². The first-order valence-corrected chi connectivity index (χ1v) is 4.40. The van der Waals surface area contributed by atoms with Gasteiger partial charge in [0, 0.05) is 6.04 Å². The van der Waals surface area contributed by atoms with Gasteiger partial charge in [-0.15, -0.1) is 5.10 Å². The van der Waals surface area contributed by atoms with Gasteiger partial charge in [0.15, 0.2) is 0 Å². The average molecular weight is 163 g/mol. The Hall–Kier alpha value is -1.12. The second kappa shape index (κ2) is 3.09. The highest BCUT2D eigenvalue weighted by atomic mass is 15.2. The molecule has 0 amide bonds. The molecule has 1 aromatic rings. The molecule has 1 N–H and O–H groups in total. The highest BCUT2D eigenvalue weighted by molar-refractivity contribution is 5.36. The van der Waals surface area contributed by atoms with Crippen molar-refractivity contribution in [3.05, 3.63) is 17.8 Å². The van der Waals surface area contributed by atoms with Gasteiger partial charge in [-0.25, -0.2) is 0 Å². The summed E-state index contributed by atoms with van der Waals surface area (Å²) in [6, 6.07) is 2.67. The zero-order valence-corrected chi connectivity index (χ0v) is 7.25. The van der Waals surface area contributed by atoms with E-state index in [9.17, 15) is 0 Å². The second-order valence-electron chi connectivity index (χ2n) is 3.39. The number of aryl methyl sites for hydroxylation is 1. The predicted molar refractivity (Wildman–Crippen MR) is 48.0 cm³/mol. The highest BCUT2D eigenvalue weighted by Crippen LogP contribution is 2.21. The second-order valence-corrected chi connectivity index (χ2v) is 3.39. The Balaban J connectivity index is 2.02. The van der Waals surface area contributed by atoms with Crippen LogP contribution in [0.25, 0.3) is 0 Å². The van der Waals surface area contributed by atoms with Gasteiger partial charge in [0.25, 0.3) is 0 Å². The highest BCUT2D eigenvalue weighted by Gasteiger charge is 2.17. The molecule has 0 atom stereocenters. The van der Waals surface area contributed by atoms with Crippen LogP contribution in [0.2, 0.25) is 0 Å². The van der Waals surface area contributed by atoms with Crippen molar-refractivity contribution in [1.82, 2.24) is 10.2 Å². The molecule has 0 spiro atoms. The molecule has 3 heteroatoms. The summed E-state index contributed by atoms with van der Waals surface area (Å²) in [6.45, 7) is 2.03. The summed E-state index contributed by atoms with van der Waals surface area (Å²) in [5, 5.41) is 11.2. The SMILES string of the molecule is Cc1cnnc(NC2CCC2)c1. The van der Waals surface area contributed by atoms with E-state index in [1.54, 1.807) is 6.20 Å². The molecule has 0 aliphatic heterocycles. The summed E-state index contributed by atoms with van der Waals surface area (Å²) >= 11 is 0. The smallest absolute Gasteiger partial charge is 0.149 e. The number of rotatable bonds is 2. The van der Waals surface area contributed by atoms with Crippen molar-refractivity contribution < 1.29 is 0 Å². The van der Waals surface area contributed by atoms with Crippen LogP contribution in [0.4, 0.5) is 5.82 Å². The van der Waals surface area contributed by atoms with Crippen LogP contribution in [0.15, 0.2) is 12.3 Å². The summed E-state index contributed by atoms with van der Waals surface area (Å²) in [5.41, 5.74) is 1.16. The zero-order valence-electron chi connectivity index (χ0n) is 7.25. The molecule has 12 heavy (non-hydrogen) atoms. The lowest BCUT2D eigenvalue weighted by molar-refractivity contribution is 0.444. The Morgan fingerprint density at radius 2 is 2.33 bits per heavy atom. The fraction of sp³-hybridized carbons (Fsp3) is 0.556. The topological polar surface area (TPSA) is 37.8 Å². The third kappa shape index (κ3) is 1.55. The number of aromatic nitrogens is 2. The molecule has 2 rings (SSSR count). The minimum absolute atomic E-state index is 0.640. The standard InChI is InChI=1S/C9H13N3/c1-7-5-9(12-10-6-7)11-8-3-2-4-8/h5-6,8H,2-4H2,1H3,(H,11,12). The number of hydrogen-bond acceptors (Lipinski definition) is 3. The van der Waals surface area contributed by atoms with Crippen LogP contribution in [-0.2, 0) is 0 Å². The molecular weight excluding hydrogens is 150 g/mol. The van der Waals surface area contributed by atoms with Crippen LogP contribution in [0.3, 0.4) is 0 Å². The van der Waals surface area contributed by atoms with Crippen molar-refractivity contribution in [3.8, 4) is 0 Å². The Labute approximate surface area is 72.2 Å². The van der Waals surface area contributed by atoms with Crippen LogP contribution in [0.5, 0.6) is 0 Å². The molecule has 0 unspecified atom stereocenters. The van der Waals surface area contributed by atoms with Gasteiger partial charge < -0.3 is 5.32 Å². The monoisotopic (exact) mass is 163 g/mol. The molecule has 1 aromatic heterocycles. The number of hydrogen-bond donors (Lipinski definition) is 1. The Morgan fingerprint density at radius 1 is 1.50 bits per heavy atom. The van der Waals surface area contributed by atoms with Gasteiger partial charge in [-0.1, -0.05) is 0 Å². The molecule has 1 aliphatic rings. The van der Waals surface area contributed by atoms with E-state index < -0.39 is 0 Å². The average Bonchev–Trinajstić information content (AvgIpc) is 1.97. The molecule has 1 saturated carbocycles. The normalized spacial score (nSPS) is 17.1. The molecular formula is C9H13N3. The van der Waals surface area contributed by atoms with E-state index in [4.69, 9.17) is 0 Å². The largest absolute Gasteiger partial charge is 0.366 e. The van der Waals surface area contributed by atoms with Crippen LogP contribution in [0.1, 0.15) is 24.8 Å². The first-order valence-electron chi connectivity index (χ1n) is 4.40. The van der Waals surface area contributed by atoms with Crippen LogP contribution in [0, 0.1) is 6.92 Å². The van der Waals surface area contributed by atoms with E-state index in [1.165, 1.54) is 19.3 Å². The minimum Gasteiger partial charge on any atom is -0.366 e. The van der Waals surface area contributed by atoms with E-state index in [1.807, 2.05) is 13.0 Å². The van der Waals surface area contributed by atoms with Gasteiger partial charge in [-0.05, 0) is 37.8 Å². The first-order chi connectivity index (χ1) is 5.84. The molecule has 1 aliphatic carbocycles. The third-order valence-electron chi connectivity index (χ3n) is 2.25. The van der Waals surface area contributed by atoms with Crippen LogP contribution in [-0.4, -0.2) is 16.2 Å². The van der Waals surface area contributed by atoms with Crippen LogP contribution < -0.4 is 5.32 Å². The van der Waals surface area contributed by atoms with Crippen molar-refractivity contribution in [2.24, 2.45) is 0 Å². The van der Waals surface area contributed by atoms with E-state index in [0.29, 0.717) is 6.04 Å². The minimum atomic E-state index is 0.640. The quantitative estimate of drug-likeness (QED) is 0.721. The summed E-state index contributed by atoms with van der Waals surface area (Å²) in [6.07, 6.45) is 5.66. The van der Waals surface area contributed by atoms with Crippen molar-refractivity contribution >= 4 is 5.82 Å². The molecule has 3 nitrogen and oxygen atoms in total. The van der Waals surface area contributed by atoms with E-state index in [2.05, 4.69) is 15.5 Å². The fourth-order valence-electron chi connectivity index (χ4n) is 1.30. The molecule has 1 heterocycles. The predicted octanol–water partition coefficient (Wildman–Crippen LogP) is 1.75.